The Hall–Kier alpha value is -1.77. The molecule has 19 heavy (non-hydrogen) atoms. The topological polar surface area (TPSA) is 27.1 Å². The smallest absolute Gasteiger partial charge is 0.130 e. The lowest BCUT2D eigenvalue weighted by Crippen LogP contribution is -2.03. The van der Waals surface area contributed by atoms with Crippen LogP contribution in [0.5, 0.6) is 5.75 Å². The summed E-state index contributed by atoms with van der Waals surface area (Å²) in [6.07, 6.45) is 6.36. The van der Waals surface area contributed by atoms with Crippen molar-refractivity contribution in [1.29, 1.82) is 0 Å². The Balaban J connectivity index is 1.63. The van der Waals surface area contributed by atoms with Gasteiger partial charge in [0, 0.05) is 6.04 Å². The van der Waals surface area contributed by atoms with E-state index in [1.54, 1.807) is 0 Å². The largest absolute Gasteiger partial charge is 0.487 e. The molecule has 0 N–H and O–H groups in total. The van der Waals surface area contributed by atoms with E-state index in [2.05, 4.69) is 35.5 Å². The molecule has 0 unspecified atom stereocenters. The number of hydrogen-bond donors (Lipinski definition) is 0. The molecule has 3 rings (SSSR count). The van der Waals surface area contributed by atoms with Crippen LogP contribution in [0.15, 0.2) is 36.8 Å². The predicted molar refractivity (Wildman–Crippen MR) is 75.4 cm³/mol. The number of benzene rings is 1. The average Bonchev–Trinajstić information content (AvgIpc) is 3.16. The van der Waals surface area contributed by atoms with Gasteiger partial charge in [-0.1, -0.05) is 26.0 Å². The fraction of sp³-hybridized carbons (Fsp3) is 0.438. The van der Waals surface area contributed by atoms with Crippen molar-refractivity contribution >= 4 is 0 Å². The molecule has 0 amide bonds. The van der Waals surface area contributed by atoms with Crippen LogP contribution < -0.4 is 4.74 Å². The Kier molecular flexibility index (Phi) is 3.28. The molecular weight excluding hydrogens is 236 g/mol. The summed E-state index contributed by atoms with van der Waals surface area (Å²) in [6.45, 7) is 4.99. The third kappa shape index (κ3) is 2.80. The normalized spacial score (nSPS) is 14.9. The van der Waals surface area contributed by atoms with Gasteiger partial charge in [-0.3, -0.25) is 0 Å². The summed E-state index contributed by atoms with van der Waals surface area (Å²) < 4.78 is 8.08. The fourth-order valence-electron chi connectivity index (χ4n) is 2.23. The van der Waals surface area contributed by atoms with E-state index in [0.29, 0.717) is 18.6 Å². The number of ether oxygens (including phenoxy) is 1. The lowest BCUT2D eigenvalue weighted by atomic mass is 10.0. The zero-order valence-corrected chi connectivity index (χ0v) is 11.5. The Labute approximate surface area is 114 Å². The second-order valence-electron chi connectivity index (χ2n) is 5.54. The molecule has 0 spiro atoms. The zero-order valence-electron chi connectivity index (χ0n) is 11.5. The highest BCUT2D eigenvalue weighted by Crippen LogP contribution is 2.35. The number of hydrogen-bond acceptors (Lipinski definition) is 2. The average molecular weight is 256 g/mol. The summed E-state index contributed by atoms with van der Waals surface area (Å²) in [5.41, 5.74) is 2.51. The third-order valence-electron chi connectivity index (χ3n) is 3.62. The maximum atomic E-state index is 5.84. The van der Waals surface area contributed by atoms with Crippen LogP contribution in [0.2, 0.25) is 0 Å². The molecule has 3 nitrogen and oxygen atoms in total. The zero-order chi connectivity index (χ0) is 13.2. The maximum absolute atomic E-state index is 5.84. The molecule has 1 aromatic carbocycles. The van der Waals surface area contributed by atoms with Crippen molar-refractivity contribution in [3.8, 4) is 5.75 Å². The maximum Gasteiger partial charge on any atom is 0.130 e. The van der Waals surface area contributed by atoms with Gasteiger partial charge in [-0.05, 0) is 36.5 Å². The second kappa shape index (κ2) is 5.08. The highest BCUT2D eigenvalue weighted by molar-refractivity contribution is 5.29. The Morgan fingerprint density at radius 1 is 1.26 bits per heavy atom. The van der Waals surface area contributed by atoms with Crippen LogP contribution in [0.25, 0.3) is 0 Å². The van der Waals surface area contributed by atoms with Gasteiger partial charge in [0.15, 0.2) is 0 Å². The molecule has 1 aromatic heterocycles. The molecule has 2 aromatic rings. The third-order valence-corrected chi connectivity index (χ3v) is 3.62. The summed E-state index contributed by atoms with van der Waals surface area (Å²) in [4.78, 5) is 4.22. The van der Waals surface area contributed by atoms with E-state index < -0.39 is 0 Å². The van der Waals surface area contributed by atoms with Crippen molar-refractivity contribution in [2.24, 2.45) is 0 Å². The van der Waals surface area contributed by atoms with E-state index in [9.17, 15) is 0 Å². The fourth-order valence-corrected chi connectivity index (χ4v) is 2.23. The van der Waals surface area contributed by atoms with Crippen molar-refractivity contribution in [2.45, 2.75) is 45.3 Å². The van der Waals surface area contributed by atoms with E-state index in [4.69, 9.17) is 4.74 Å². The molecule has 1 heterocycles. The Morgan fingerprint density at radius 3 is 2.63 bits per heavy atom. The van der Waals surface area contributed by atoms with Gasteiger partial charge in [0.1, 0.15) is 12.4 Å². The van der Waals surface area contributed by atoms with Crippen LogP contribution in [0, 0.1) is 0 Å². The SMILES string of the molecule is CC(C)c1ccc(OCc2cncn2C2CC2)cc1. The summed E-state index contributed by atoms with van der Waals surface area (Å²) in [6, 6.07) is 9.03. The van der Waals surface area contributed by atoms with Crippen molar-refractivity contribution < 1.29 is 4.74 Å². The van der Waals surface area contributed by atoms with Crippen molar-refractivity contribution in [2.75, 3.05) is 0 Å². The highest BCUT2D eigenvalue weighted by atomic mass is 16.5. The highest BCUT2D eigenvalue weighted by Gasteiger charge is 2.25. The van der Waals surface area contributed by atoms with Gasteiger partial charge in [0.25, 0.3) is 0 Å². The number of rotatable bonds is 5. The van der Waals surface area contributed by atoms with Crippen molar-refractivity contribution in [3.05, 3.63) is 48.0 Å². The van der Waals surface area contributed by atoms with E-state index in [1.165, 1.54) is 18.4 Å². The molecule has 1 saturated carbocycles. The first kappa shape index (κ1) is 12.3. The lowest BCUT2D eigenvalue weighted by Gasteiger charge is -2.10. The van der Waals surface area contributed by atoms with E-state index >= 15 is 0 Å². The minimum absolute atomic E-state index is 0.561. The lowest BCUT2D eigenvalue weighted by molar-refractivity contribution is 0.295. The summed E-state index contributed by atoms with van der Waals surface area (Å²) in [5.74, 6) is 1.48. The minimum atomic E-state index is 0.561. The second-order valence-corrected chi connectivity index (χ2v) is 5.54. The minimum Gasteiger partial charge on any atom is -0.487 e. The summed E-state index contributed by atoms with van der Waals surface area (Å²) in [5, 5.41) is 0. The standard InChI is InChI=1S/C16H20N2O/c1-12(2)13-3-7-16(8-4-13)19-10-15-9-17-11-18(15)14-5-6-14/h3-4,7-9,11-12,14H,5-6,10H2,1-2H3. The molecule has 100 valence electrons. The molecule has 0 bridgehead atoms. The van der Waals surface area contributed by atoms with E-state index in [0.717, 1.165) is 11.4 Å². The van der Waals surface area contributed by atoms with Gasteiger partial charge in [0.2, 0.25) is 0 Å². The summed E-state index contributed by atoms with van der Waals surface area (Å²) >= 11 is 0. The van der Waals surface area contributed by atoms with Crippen LogP contribution in [-0.2, 0) is 6.61 Å². The molecule has 0 radical (unpaired) electrons. The monoisotopic (exact) mass is 256 g/mol. The van der Waals surface area contributed by atoms with E-state index in [1.807, 2.05) is 24.7 Å². The van der Waals surface area contributed by atoms with Crippen molar-refractivity contribution in [1.82, 2.24) is 9.55 Å². The van der Waals surface area contributed by atoms with Crippen LogP contribution in [0.3, 0.4) is 0 Å². The number of aromatic nitrogens is 2. The molecule has 1 aliphatic rings. The van der Waals surface area contributed by atoms with Crippen LogP contribution >= 0.6 is 0 Å². The van der Waals surface area contributed by atoms with Crippen molar-refractivity contribution in [3.63, 3.8) is 0 Å². The van der Waals surface area contributed by atoms with Crippen LogP contribution in [-0.4, -0.2) is 9.55 Å². The van der Waals surface area contributed by atoms with Gasteiger partial charge in [0.05, 0.1) is 18.2 Å². The molecule has 1 aliphatic carbocycles. The van der Waals surface area contributed by atoms with Crippen LogP contribution in [0.4, 0.5) is 0 Å². The first-order valence-corrected chi connectivity index (χ1v) is 6.97. The molecule has 0 aliphatic heterocycles. The van der Waals surface area contributed by atoms with E-state index in [-0.39, 0.29) is 0 Å². The molecule has 3 heteroatoms. The Morgan fingerprint density at radius 2 is 2.00 bits per heavy atom. The first-order valence-electron chi connectivity index (χ1n) is 6.97. The Bertz CT molecular complexity index is 538. The quantitative estimate of drug-likeness (QED) is 0.810. The first-order chi connectivity index (χ1) is 9.24. The summed E-state index contributed by atoms with van der Waals surface area (Å²) in [7, 11) is 0. The van der Waals surface area contributed by atoms with Gasteiger partial charge in [-0.2, -0.15) is 0 Å². The van der Waals surface area contributed by atoms with Gasteiger partial charge >= 0.3 is 0 Å². The number of nitrogens with zero attached hydrogens (tertiary/aromatic N) is 2. The van der Waals surface area contributed by atoms with Gasteiger partial charge in [-0.25, -0.2) is 4.98 Å². The number of imidazole rings is 1. The molecule has 0 atom stereocenters. The molecular formula is C16H20N2O. The molecule has 0 saturated heterocycles. The predicted octanol–water partition coefficient (Wildman–Crippen LogP) is 3.92. The van der Waals surface area contributed by atoms with Crippen LogP contribution in [0.1, 0.15) is 49.9 Å². The van der Waals surface area contributed by atoms with Gasteiger partial charge in [-0.15, -0.1) is 0 Å². The molecule has 1 fully saturated rings. The van der Waals surface area contributed by atoms with Gasteiger partial charge < -0.3 is 9.30 Å².